The summed E-state index contributed by atoms with van der Waals surface area (Å²) in [5.74, 6) is 0.340. The minimum Gasteiger partial charge on any atom is -0.392 e. The summed E-state index contributed by atoms with van der Waals surface area (Å²) < 4.78 is 5.27. The topological polar surface area (TPSA) is 41.8 Å². The fourth-order valence-electron chi connectivity index (χ4n) is 3.21. The molecule has 1 N–H and O–H groups in total. The highest BCUT2D eigenvalue weighted by atomic mass is 16.5. The van der Waals surface area contributed by atoms with Gasteiger partial charge in [-0.1, -0.05) is 36.0 Å². The summed E-state index contributed by atoms with van der Waals surface area (Å²) in [7, 11) is 1.69. The van der Waals surface area contributed by atoms with Crippen molar-refractivity contribution in [2.45, 2.75) is 19.4 Å². The lowest BCUT2D eigenvalue weighted by Crippen LogP contribution is -2.26. The van der Waals surface area contributed by atoms with Crippen molar-refractivity contribution in [1.82, 2.24) is 0 Å². The van der Waals surface area contributed by atoms with Crippen LogP contribution < -0.4 is 0 Å². The van der Waals surface area contributed by atoms with E-state index in [4.69, 9.17) is 4.74 Å². The van der Waals surface area contributed by atoms with Crippen molar-refractivity contribution < 1.29 is 9.84 Å². The molecular weight excluding hydrogens is 250 g/mol. The Morgan fingerprint density at radius 1 is 1.50 bits per heavy atom. The van der Waals surface area contributed by atoms with Crippen molar-refractivity contribution in [3.8, 4) is 0 Å². The van der Waals surface area contributed by atoms with Gasteiger partial charge in [-0.2, -0.15) is 0 Å². The van der Waals surface area contributed by atoms with Crippen LogP contribution in [0.15, 0.2) is 52.1 Å². The molecule has 2 aliphatic rings. The van der Waals surface area contributed by atoms with Gasteiger partial charge in [0.05, 0.1) is 19.3 Å². The maximum Gasteiger partial charge on any atom is 0.0680 e. The van der Waals surface area contributed by atoms with Gasteiger partial charge in [-0.15, -0.1) is 0 Å². The normalized spacial score (nSPS) is 31.4. The van der Waals surface area contributed by atoms with Crippen LogP contribution in [0.3, 0.4) is 0 Å². The Kier molecular flexibility index (Phi) is 5.10. The minimum absolute atomic E-state index is 0.0592. The lowest BCUT2D eigenvalue weighted by Gasteiger charge is -2.25. The molecule has 3 nitrogen and oxygen atoms in total. The van der Waals surface area contributed by atoms with Gasteiger partial charge in [0.25, 0.3) is 0 Å². The zero-order valence-electron chi connectivity index (χ0n) is 12.2. The summed E-state index contributed by atoms with van der Waals surface area (Å²) in [6, 6.07) is 0.0592. The van der Waals surface area contributed by atoms with Crippen molar-refractivity contribution in [2.24, 2.45) is 16.8 Å². The van der Waals surface area contributed by atoms with Crippen LogP contribution in [0.4, 0.5) is 0 Å². The highest BCUT2D eigenvalue weighted by Crippen LogP contribution is 2.39. The Morgan fingerprint density at radius 3 is 2.85 bits per heavy atom. The molecule has 0 radical (unpaired) electrons. The molecule has 0 fully saturated rings. The molecule has 0 spiro atoms. The maximum atomic E-state index is 9.66. The molecule has 0 aliphatic heterocycles. The van der Waals surface area contributed by atoms with Crippen molar-refractivity contribution in [3.63, 3.8) is 0 Å². The molecule has 3 heteroatoms. The van der Waals surface area contributed by atoms with Crippen molar-refractivity contribution in [2.75, 3.05) is 20.3 Å². The van der Waals surface area contributed by atoms with Gasteiger partial charge in [-0.3, -0.25) is 4.99 Å². The highest BCUT2D eigenvalue weighted by molar-refractivity contribution is 5.41. The van der Waals surface area contributed by atoms with E-state index in [2.05, 4.69) is 49.0 Å². The number of aliphatic hydroxyl groups excluding tert-OH is 1. The van der Waals surface area contributed by atoms with E-state index in [-0.39, 0.29) is 24.5 Å². The van der Waals surface area contributed by atoms with Crippen LogP contribution in [0, 0.1) is 11.8 Å². The van der Waals surface area contributed by atoms with E-state index in [1.807, 2.05) is 0 Å². The van der Waals surface area contributed by atoms with E-state index in [0.717, 1.165) is 12.0 Å². The van der Waals surface area contributed by atoms with Crippen molar-refractivity contribution in [3.05, 3.63) is 47.1 Å². The zero-order chi connectivity index (χ0) is 14.5. The first kappa shape index (κ1) is 14.9. The number of nitrogens with zero attached hydrogens (tertiary/aromatic N) is 1. The average molecular weight is 273 g/mol. The summed E-state index contributed by atoms with van der Waals surface area (Å²) in [5, 5.41) is 9.66. The molecule has 0 heterocycles. The number of hydrogen-bond acceptors (Lipinski definition) is 3. The van der Waals surface area contributed by atoms with Gasteiger partial charge in [-0.05, 0) is 31.2 Å². The molecule has 3 unspecified atom stereocenters. The molecule has 0 aromatic carbocycles. The van der Waals surface area contributed by atoms with Crippen LogP contribution in [-0.4, -0.2) is 38.2 Å². The number of aliphatic imine (C=N–C) groups is 1. The van der Waals surface area contributed by atoms with Gasteiger partial charge in [0.2, 0.25) is 0 Å². The number of aliphatic hydroxyl groups is 1. The third-order valence-electron chi connectivity index (χ3n) is 4.22. The van der Waals surface area contributed by atoms with Crippen LogP contribution in [0.5, 0.6) is 0 Å². The predicted molar refractivity (Wildman–Crippen MR) is 83.0 cm³/mol. The Morgan fingerprint density at radius 2 is 2.30 bits per heavy atom. The third-order valence-corrected chi connectivity index (χ3v) is 4.22. The lowest BCUT2D eigenvalue weighted by atomic mass is 9.84. The average Bonchev–Trinajstić information content (AvgIpc) is 2.85. The van der Waals surface area contributed by atoms with Crippen LogP contribution in [0.1, 0.15) is 13.3 Å². The second-order valence-corrected chi connectivity index (χ2v) is 5.37. The summed E-state index contributed by atoms with van der Waals surface area (Å²) >= 11 is 0. The Hall–Kier alpha value is -1.45. The zero-order valence-corrected chi connectivity index (χ0v) is 12.2. The SMILES string of the molecule is C=NC1C(COC)C=C(CO)C1/C(C)=C1\C=CC=CC1. The number of rotatable bonds is 5. The minimum atomic E-state index is 0.0592. The van der Waals surface area contributed by atoms with E-state index in [9.17, 15) is 5.11 Å². The Labute approximate surface area is 121 Å². The van der Waals surface area contributed by atoms with E-state index in [1.165, 1.54) is 11.1 Å². The first-order valence-corrected chi connectivity index (χ1v) is 7.02. The lowest BCUT2D eigenvalue weighted by molar-refractivity contribution is 0.159. The number of methoxy groups -OCH3 is 1. The van der Waals surface area contributed by atoms with Gasteiger partial charge in [-0.25, -0.2) is 0 Å². The third kappa shape index (κ3) is 2.84. The van der Waals surface area contributed by atoms with Crippen molar-refractivity contribution in [1.29, 1.82) is 0 Å². The molecule has 3 atom stereocenters. The smallest absolute Gasteiger partial charge is 0.0680 e. The van der Waals surface area contributed by atoms with Crippen molar-refractivity contribution >= 4 is 6.72 Å². The first-order chi connectivity index (χ1) is 9.72. The number of hydrogen-bond donors (Lipinski definition) is 1. The molecular formula is C17H23NO2. The second-order valence-electron chi connectivity index (χ2n) is 5.37. The number of allylic oxidation sites excluding steroid dienone is 5. The molecule has 0 bridgehead atoms. The molecule has 0 aromatic rings. The maximum absolute atomic E-state index is 9.66. The largest absolute Gasteiger partial charge is 0.392 e. The molecule has 2 aliphatic carbocycles. The summed E-state index contributed by atoms with van der Waals surface area (Å²) in [6.45, 7) is 6.57. The van der Waals surface area contributed by atoms with Gasteiger partial charge in [0.1, 0.15) is 0 Å². The summed E-state index contributed by atoms with van der Waals surface area (Å²) in [4.78, 5) is 4.31. The summed E-state index contributed by atoms with van der Waals surface area (Å²) in [6.07, 6.45) is 11.5. The molecule has 20 heavy (non-hydrogen) atoms. The molecule has 108 valence electrons. The van der Waals surface area contributed by atoms with Crippen LogP contribution in [0.25, 0.3) is 0 Å². The first-order valence-electron chi connectivity index (χ1n) is 7.02. The van der Waals surface area contributed by atoms with Crippen LogP contribution >= 0.6 is 0 Å². The monoisotopic (exact) mass is 273 g/mol. The van der Waals surface area contributed by atoms with E-state index in [1.54, 1.807) is 7.11 Å². The molecule has 0 amide bonds. The van der Waals surface area contributed by atoms with Gasteiger partial charge in [0.15, 0.2) is 0 Å². The van der Waals surface area contributed by atoms with Gasteiger partial charge in [0, 0.05) is 18.9 Å². The fourth-order valence-corrected chi connectivity index (χ4v) is 3.21. The molecule has 0 saturated carbocycles. The molecule has 2 rings (SSSR count). The van der Waals surface area contributed by atoms with Crippen LogP contribution in [-0.2, 0) is 4.74 Å². The Balaban J connectivity index is 2.33. The summed E-state index contributed by atoms with van der Waals surface area (Å²) in [5.41, 5.74) is 3.63. The van der Waals surface area contributed by atoms with Gasteiger partial charge >= 0.3 is 0 Å². The standard InChI is InChI=1S/C17H23NO2/c1-12(13-7-5-4-6-8-13)16-14(10-19)9-15(11-20-3)17(16)18-2/h4-7,9,15-17,19H,2,8,10-11H2,1,3H3/b13-12+. The Bertz CT molecular complexity index is 485. The number of ether oxygens (including phenoxy) is 1. The fraction of sp³-hybridized carbons (Fsp3) is 0.471. The second kappa shape index (κ2) is 6.82. The van der Waals surface area contributed by atoms with E-state index < -0.39 is 0 Å². The predicted octanol–water partition coefficient (Wildman–Crippen LogP) is 2.70. The highest BCUT2D eigenvalue weighted by Gasteiger charge is 2.37. The molecule has 0 aromatic heterocycles. The van der Waals surface area contributed by atoms with E-state index in [0.29, 0.717) is 6.61 Å². The van der Waals surface area contributed by atoms with Gasteiger partial charge < -0.3 is 9.84 Å². The van der Waals surface area contributed by atoms with E-state index >= 15 is 0 Å². The van der Waals surface area contributed by atoms with Crippen LogP contribution in [0.2, 0.25) is 0 Å². The quantitative estimate of drug-likeness (QED) is 0.618. The molecule has 0 saturated heterocycles.